The van der Waals surface area contributed by atoms with Gasteiger partial charge in [-0.1, -0.05) is 17.7 Å². The van der Waals surface area contributed by atoms with Crippen LogP contribution < -0.4 is 16.0 Å². The van der Waals surface area contributed by atoms with Crippen LogP contribution in [0.5, 0.6) is 0 Å². The molecule has 136 valence electrons. The third-order valence-corrected chi connectivity index (χ3v) is 4.93. The fraction of sp³-hybridized carbons (Fsp3) is 0.471. The van der Waals surface area contributed by atoms with E-state index in [0.29, 0.717) is 19.6 Å². The number of hydrogen-bond donors (Lipinski definition) is 3. The van der Waals surface area contributed by atoms with Gasteiger partial charge in [-0.3, -0.25) is 9.59 Å². The summed E-state index contributed by atoms with van der Waals surface area (Å²) in [7, 11) is 1.51. The highest BCUT2D eigenvalue weighted by molar-refractivity contribution is 7.99. The van der Waals surface area contributed by atoms with E-state index in [1.807, 2.05) is 6.92 Å². The summed E-state index contributed by atoms with van der Waals surface area (Å²) in [6, 6.07) is 7.13. The van der Waals surface area contributed by atoms with Crippen molar-refractivity contribution in [3.63, 3.8) is 0 Å². The smallest absolute Gasteiger partial charge is 0.318 e. The first-order valence-corrected chi connectivity index (χ1v) is 9.22. The minimum atomic E-state index is -0.765. The van der Waals surface area contributed by atoms with Crippen LogP contribution in [0.25, 0.3) is 0 Å². The molecule has 7 nitrogen and oxygen atoms in total. The number of thioether (sulfide) groups is 1. The number of hydrogen-bond acceptors (Lipinski definition) is 4. The molecule has 0 aliphatic carbocycles. The fourth-order valence-electron chi connectivity index (χ4n) is 2.50. The zero-order valence-electron chi connectivity index (χ0n) is 14.5. The van der Waals surface area contributed by atoms with E-state index in [9.17, 15) is 14.4 Å². The highest BCUT2D eigenvalue weighted by atomic mass is 32.2. The van der Waals surface area contributed by atoms with E-state index in [0.717, 1.165) is 10.6 Å². The molecule has 1 heterocycles. The maximum absolute atomic E-state index is 12.4. The lowest BCUT2D eigenvalue weighted by molar-refractivity contribution is -0.132. The zero-order chi connectivity index (χ0) is 18.2. The Bertz CT molecular complexity index is 621. The Kier molecular flexibility index (Phi) is 7.12. The summed E-state index contributed by atoms with van der Waals surface area (Å²) in [5, 5.41) is 8.01. The van der Waals surface area contributed by atoms with Gasteiger partial charge in [0.2, 0.25) is 11.8 Å². The lowest BCUT2D eigenvalue weighted by Crippen LogP contribution is -2.60. The molecule has 0 aromatic heterocycles. The van der Waals surface area contributed by atoms with Gasteiger partial charge in [-0.2, -0.15) is 0 Å². The van der Waals surface area contributed by atoms with Crippen molar-refractivity contribution in [3.05, 3.63) is 29.8 Å². The van der Waals surface area contributed by atoms with E-state index >= 15 is 0 Å². The van der Waals surface area contributed by atoms with Crippen LogP contribution in [-0.2, 0) is 9.59 Å². The Morgan fingerprint density at radius 3 is 2.72 bits per heavy atom. The van der Waals surface area contributed by atoms with Crippen molar-refractivity contribution in [3.8, 4) is 0 Å². The fourth-order valence-corrected chi connectivity index (χ4v) is 3.27. The molecule has 1 atom stereocenters. The van der Waals surface area contributed by atoms with E-state index in [1.165, 1.54) is 17.5 Å². The van der Waals surface area contributed by atoms with Gasteiger partial charge in [-0.15, -0.1) is 11.8 Å². The van der Waals surface area contributed by atoms with Crippen molar-refractivity contribution in [2.75, 3.05) is 32.4 Å². The van der Waals surface area contributed by atoms with E-state index in [-0.39, 0.29) is 24.3 Å². The van der Waals surface area contributed by atoms with Crippen molar-refractivity contribution >= 4 is 29.6 Å². The minimum absolute atomic E-state index is 0.0339. The van der Waals surface area contributed by atoms with Crippen LogP contribution in [0.1, 0.15) is 12.0 Å². The summed E-state index contributed by atoms with van der Waals surface area (Å²) in [4.78, 5) is 38.5. The van der Waals surface area contributed by atoms with E-state index in [4.69, 9.17) is 0 Å². The lowest BCUT2D eigenvalue weighted by Gasteiger charge is -2.34. The van der Waals surface area contributed by atoms with Gasteiger partial charge in [-0.25, -0.2) is 4.79 Å². The average Bonchev–Trinajstić information content (AvgIpc) is 2.61. The third kappa shape index (κ3) is 5.67. The second-order valence-corrected chi connectivity index (χ2v) is 6.94. The number of benzene rings is 1. The third-order valence-electron chi connectivity index (χ3n) is 3.92. The van der Waals surface area contributed by atoms with E-state index in [1.54, 1.807) is 11.8 Å². The van der Waals surface area contributed by atoms with E-state index < -0.39 is 6.04 Å². The first-order valence-electron chi connectivity index (χ1n) is 8.23. The number of amides is 4. The first-order chi connectivity index (χ1) is 12.0. The van der Waals surface area contributed by atoms with Gasteiger partial charge in [0.1, 0.15) is 6.04 Å². The van der Waals surface area contributed by atoms with Crippen molar-refractivity contribution < 1.29 is 14.4 Å². The van der Waals surface area contributed by atoms with Gasteiger partial charge in [0.05, 0.1) is 6.42 Å². The van der Waals surface area contributed by atoms with Crippen LogP contribution in [0.2, 0.25) is 0 Å². The molecule has 0 radical (unpaired) electrons. The Morgan fingerprint density at radius 1 is 1.32 bits per heavy atom. The molecule has 0 bridgehead atoms. The quantitative estimate of drug-likeness (QED) is 0.513. The summed E-state index contributed by atoms with van der Waals surface area (Å²) in [6.07, 6.45) is -0.0339. The SMILES string of the molecule is CNC(=O)CC1C(=O)NCCN1C(=O)NCCSc1ccc(C)cc1. The molecule has 3 N–H and O–H groups in total. The highest BCUT2D eigenvalue weighted by Crippen LogP contribution is 2.17. The summed E-state index contributed by atoms with van der Waals surface area (Å²) >= 11 is 1.66. The Morgan fingerprint density at radius 2 is 2.04 bits per heavy atom. The number of nitrogens with one attached hydrogen (secondary N) is 3. The van der Waals surface area contributed by atoms with Crippen LogP contribution in [0.15, 0.2) is 29.2 Å². The highest BCUT2D eigenvalue weighted by Gasteiger charge is 2.34. The number of piperazine rings is 1. The molecule has 25 heavy (non-hydrogen) atoms. The summed E-state index contributed by atoms with van der Waals surface area (Å²) < 4.78 is 0. The largest absolute Gasteiger partial charge is 0.359 e. The van der Waals surface area contributed by atoms with Crippen LogP contribution in [0.4, 0.5) is 4.79 Å². The van der Waals surface area contributed by atoms with Crippen molar-refractivity contribution in [2.24, 2.45) is 0 Å². The predicted molar refractivity (Wildman–Crippen MR) is 97.5 cm³/mol. The number of carbonyl (C=O) groups excluding carboxylic acids is 3. The Hall–Kier alpha value is -2.22. The molecule has 1 unspecified atom stereocenters. The number of carbonyl (C=O) groups is 3. The number of aryl methyl sites for hydroxylation is 1. The molecule has 1 aliphatic rings. The molecular weight excluding hydrogens is 340 g/mol. The second-order valence-electron chi connectivity index (χ2n) is 5.77. The molecule has 1 aromatic rings. The van der Waals surface area contributed by atoms with Gasteiger partial charge < -0.3 is 20.9 Å². The number of nitrogens with zero attached hydrogens (tertiary/aromatic N) is 1. The van der Waals surface area contributed by atoms with Gasteiger partial charge in [0.15, 0.2) is 0 Å². The van der Waals surface area contributed by atoms with Crippen LogP contribution in [-0.4, -0.2) is 61.2 Å². The van der Waals surface area contributed by atoms with Gasteiger partial charge >= 0.3 is 6.03 Å². The summed E-state index contributed by atoms with van der Waals surface area (Å²) in [6.45, 7) is 3.32. The Labute approximate surface area is 151 Å². The first kappa shape index (κ1) is 19.1. The number of rotatable bonds is 6. The molecule has 1 fully saturated rings. The maximum atomic E-state index is 12.4. The molecule has 0 saturated carbocycles. The van der Waals surface area contributed by atoms with Gasteiger partial charge in [-0.05, 0) is 19.1 Å². The predicted octanol–water partition coefficient (Wildman–Crippen LogP) is 0.733. The van der Waals surface area contributed by atoms with Crippen molar-refractivity contribution in [1.82, 2.24) is 20.9 Å². The molecule has 2 rings (SSSR count). The zero-order valence-corrected chi connectivity index (χ0v) is 15.3. The maximum Gasteiger partial charge on any atom is 0.318 e. The molecule has 1 aliphatic heterocycles. The molecular formula is C17H24N4O3S. The van der Waals surface area contributed by atoms with Crippen molar-refractivity contribution in [2.45, 2.75) is 24.3 Å². The molecule has 4 amide bonds. The normalized spacial score (nSPS) is 17.0. The Balaban J connectivity index is 1.82. The molecule has 8 heteroatoms. The van der Waals surface area contributed by atoms with Crippen LogP contribution in [0, 0.1) is 6.92 Å². The average molecular weight is 364 g/mol. The molecule has 0 spiro atoms. The monoisotopic (exact) mass is 364 g/mol. The summed E-state index contributed by atoms with van der Waals surface area (Å²) in [5.74, 6) is 0.170. The second kappa shape index (κ2) is 9.31. The number of urea groups is 1. The van der Waals surface area contributed by atoms with Crippen LogP contribution in [0.3, 0.4) is 0 Å². The lowest BCUT2D eigenvalue weighted by atomic mass is 10.1. The topological polar surface area (TPSA) is 90.5 Å². The summed E-state index contributed by atoms with van der Waals surface area (Å²) in [5.41, 5.74) is 1.21. The standard InChI is InChI=1S/C17H24N4O3S/c1-12-3-5-13(6-4-12)25-10-8-20-17(24)21-9-7-19-16(23)14(21)11-15(22)18-2/h3-6,14H,7-11H2,1-2H3,(H,18,22)(H,19,23)(H,20,24). The van der Waals surface area contributed by atoms with Crippen LogP contribution >= 0.6 is 11.8 Å². The van der Waals surface area contributed by atoms with Crippen molar-refractivity contribution in [1.29, 1.82) is 0 Å². The van der Waals surface area contributed by atoms with E-state index in [2.05, 4.69) is 40.2 Å². The molecule has 1 aromatic carbocycles. The minimum Gasteiger partial charge on any atom is -0.359 e. The van der Waals surface area contributed by atoms with Gasteiger partial charge in [0, 0.05) is 37.3 Å². The molecule has 1 saturated heterocycles. The van der Waals surface area contributed by atoms with Gasteiger partial charge in [0.25, 0.3) is 0 Å².